The normalized spacial score (nSPS) is 11.4. The summed E-state index contributed by atoms with van der Waals surface area (Å²) in [4.78, 5) is 13.8. The van der Waals surface area contributed by atoms with E-state index in [-0.39, 0.29) is 4.90 Å². The molecule has 160 valence electrons. The highest BCUT2D eigenvalue weighted by atomic mass is 79.9. The average molecular weight is 518 g/mol. The van der Waals surface area contributed by atoms with Crippen LogP contribution in [0, 0.1) is 0 Å². The zero-order chi connectivity index (χ0) is 22.3. The number of anilines is 1. The first kappa shape index (κ1) is 23.1. The fourth-order valence-corrected chi connectivity index (χ4v) is 4.93. The molecule has 0 aliphatic rings. The molecule has 0 aliphatic carbocycles. The lowest BCUT2D eigenvalue weighted by atomic mass is 10.2. The first-order valence-electron chi connectivity index (χ1n) is 9.19. The highest BCUT2D eigenvalue weighted by Gasteiger charge is 2.27. The van der Waals surface area contributed by atoms with E-state index in [1.165, 1.54) is 18.3 Å². The molecule has 1 N–H and O–H groups in total. The molecule has 0 atom stereocenters. The van der Waals surface area contributed by atoms with Crippen LogP contribution in [-0.4, -0.2) is 33.3 Å². The van der Waals surface area contributed by atoms with Gasteiger partial charge in [0.1, 0.15) is 6.54 Å². The minimum absolute atomic E-state index is 0.0974. The fraction of sp³-hybridized carbons (Fsp3) is 0.0909. The molecule has 0 saturated carbocycles. The van der Waals surface area contributed by atoms with Crippen molar-refractivity contribution in [3.05, 3.63) is 88.9 Å². The van der Waals surface area contributed by atoms with Crippen molar-refractivity contribution in [3.8, 4) is 0 Å². The lowest BCUT2D eigenvalue weighted by molar-refractivity contribution is -0.119. The van der Waals surface area contributed by atoms with Gasteiger partial charge in [0, 0.05) is 9.37 Å². The molecule has 0 radical (unpaired) electrons. The van der Waals surface area contributed by atoms with E-state index >= 15 is 0 Å². The number of hydrogen-bond acceptors (Lipinski definition) is 5. The molecule has 0 fully saturated rings. The van der Waals surface area contributed by atoms with Crippen molar-refractivity contribution in [2.24, 2.45) is 5.10 Å². The van der Waals surface area contributed by atoms with E-state index in [1.54, 1.807) is 54.2 Å². The number of thioether (sulfide) groups is 1. The van der Waals surface area contributed by atoms with E-state index in [2.05, 4.69) is 26.5 Å². The van der Waals surface area contributed by atoms with Gasteiger partial charge in [0.05, 0.1) is 16.8 Å². The Balaban J connectivity index is 1.79. The van der Waals surface area contributed by atoms with E-state index in [0.717, 1.165) is 14.8 Å². The van der Waals surface area contributed by atoms with E-state index in [1.807, 2.05) is 30.5 Å². The molecule has 6 nitrogen and oxygen atoms in total. The Labute approximate surface area is 194 Å². The Morgan fingerprint density at radius 3 is 2.42 bits per heavy atom. The summed E-state index contributed by atoms with van der Waals surface area (Å²) in [5, 5.41) is 3.95. The third kappa shape index (κ3) is 6.19. The minimum Gasteiger partial charge on any atom is -0.271 e. The van der Waals surface area contributed by atoms with Crippen LogP contribution >= 0.6 is 27.7 Å². The van der Waals surface area contributed by atoms with Crippen molar-refractivity contribution in [2.75, 3.05) is 17.1 Å². The third-order valence-corrected chi connectivity index (χ3v) is 7.26. The van der Waals surface area contributed by atoms with Gasteiger partial charge in [-0.3, -0.25) is 9.10 Å². The monoisotopic (exact) mass is 517 g/mol. The van der Waals surface area contributed by atoms with Crippen LogP contribution in [0.3, 0.4) is 0 Å². The van der Waals surface area contributed by atoms with Crippen LogP contribution in [-0.2, 0) is 14.8 Å². The summed E-state index contributed by atoms with van der Waals surface area (Å²) in [6.07, 6.45) is 3.50. The standard InChI is InChI=1S/C22H20BrN3O3S2/c1-30-20-12-10-17(11-13-20)15-24-25-22(27)16-26(19-7-5-6-18(23)14-19)31(28,29)21-8-3-2-4-9-21/h2-15H,16H2,1H3,(H,25,27)/b24-15-. The largest absolute Gasteiger partial charge is 0.271 e. The van der Waals surface area contributed by atoms with Gasteiger partial charge in [-0.25, -0.2) is 13.8 Å². The maximum absolute atomic E-state index is 13.2. The second-order valence-corrected chi connectivity index (χ2v) is 10.0. The number of nitrogens with one attached hydrogen (secondary N) is 1. The molecule has 0 heterocycles. The molecule has 0 bridgehead atoms. The van der Waals surface area contributed by atoms with Crippen LogP contribution in [0.15, 0.2) is 98.2 Å². The number of carbonyl (C=O) groups excluding carboxylic acids is 1. The molecule has 1 amide bonds. The first-order valence-corrected chi connectivity index (χ1v) is 12.7. The maximum Gasteiger partial charge on any atom is 0.264 e. The first-order chi connectivity index (χ1) is 14.9. The molecule has 3 rings (SSSR count). The Hall–Kier alpha value is -2.62. The third-order valence-electron chi connectivity index (χ3n) is 4.23. The van der Waals surface area contributed by atoms with Gasteiger partial charge in [0.25, 0.3) is 15.9 Å². The number of hydrogen-bond donors (Lipinski definition) is 1. The Morgan fingerprint density at radius 2 is 1.77 bits per heavy atom. The maximum atomic E-state index is 13.2. The molecule has 3 aromatic carbocycles. The lowest BCUT2D eigenvalue weighted by Gasteiger charge is -2.23. The van der Waals surface area contributed by atoms with Crippen LogP contribution in [0.2, 0.25) is 0 Å². The van der Waals surface area contributed by atoms with Crippen LogP contribution in [0.1, 0.15) is 5.56 Å². The average Bonchev–Trinajstić information content (AvgIpc) is 2.78. The number of benzene rings is 3. The van der Waals surface area contributed by atoms with Crippen LogP contribution in [0.4, 0.5) is 5.69 Å². The fourth-order valence-electron chi connectivity index (χ4n) is 2.70. The lowest BCUT2D eigenvalue weighted by Crippen LogP contribution is -2.39. The molecule has 9 heteroatoms. The van der Waals surface area contributed by atoms with Gasteiger partial charge in [0.2, 0.25) is 0 Å². The van der Waals surface area contributed by atoms with Gasteiger partial charge >= 0.3 is 0 Å². The van der Waals surface area contributed by atoms with Crippen molar-refractivity contribution >= 4 is 55.5 Å². The predicted molar refractivity (Wildman–Crippen MR) is 129 cm³/mol. The second kappa shape index (κ2) is 10.6. The van der Waals surface area contributed by atoms with Crippen molar-refractivity contribution < 1.29 is 13.2 Å². The van der Waals surface area contributed by atoms with Crippen LogP contribution in [0.5, 0.6) is 0 Å². The van der Waals surface area contributed by atoms with Gasteiger partial charge in [-0.15, -0.1) is 11.8 Å². The summed E-state index contributed by atoms with van der Waals surface area (Å²) < 4.78 is 28.2. The minimum atomic E-state index is -3.95. The smallest absolute Gasteiger partial charge is 0.264 e. The Kier molecular flexibility index (Phi) is 7.89. The zero-order valence-corrected chi connectivity index (χ0v) is 19.8. The SMILES string of the molecule is CSc1ccc(/C=N\NC(=O)CN(c2cccc(Br)c2)S(=O)(=O)c2ccccc2)cc1. The summed E-state index contributed by atoms with van der Waals surface area (Å²) >= 11 is 4.98. The summed E-state index contributed by atoms with van der Waals surface area (Å²) in [5.74, 6) is -0.559. The molecule has 0 spiro atoms. The predicted octanol–water partition coefficient (Wildman–Crippen LogP) is 4.52. The summed E-state index contributed by atoms with van der Waals surface area (Å²) in [6, 6.07) is 22.4. The Morgan fingerprint density at radius 1 is 1.06 bits per heavy atom. The van der Waals surface area contributed by atoms with E-state index in [4.69, 9.17) is 0 Å². The summed E-state index contributed by atoms with van der Waals surface area (Å²) in [5.41, 5.74) is 3.59. The molecule has 0 unspecified atom stereocenters. The topological polar surface area (TPSA) is 78.8 Å². The number of hydrazone groups is 1. The summed E-state index contributed by atoms with van der Waals surface area (Å²) in [7, 11) is -3.95. The number of halogens is 1. The number of sulfonamides is 1. The highest BCUT2D eigenvalue weighted by Crippen LogP contribution is 2.26. The number of amides is 1. The molecule has 0 aliphatic heterocycles. The quantitative estimate of drug-likeness (QED) is 0.270. The van der Waals surface area contributed by atoms with E-state index < -0.39 is 22.5 Å². The molecular formula is C22H20BrN3O3S2. The van der Waals surface area contributed by atoms with Gasteiger partial charge in [0.15, 0.2) is 0 Å². The highest BCUT2D eigenvalue weighted by molar-refractivity contribution is 9.10. The Bertz CT molecular complexity index is 1170. The van der Waals surface area contributed by atoms with Crippen LogP contribution < -0.4 is 9.73 Å². The second-order valence-electron chi connectivity index (χ2n) is 6.37. The number of nitrogens with zero attached hydrogens (tertiary/aromatic N) is 2. The number of carbonyl (C=O) groups is 1. The zero-order valence-electron chi connectivity index (χ0n) is 16.6. The van der Waals surface area contributed by atoms with E-state index in [0.29, 0.717) is 10.2 Å². The van der Waals surface area contributed by atoms with Crippen molar-refractivity contribution in [2.45, 2.75) is 9.79 Å². The van der Waals surface area contributed by atoms with Crippen molar-refractivity contribution in [1.29, 1.82) is 0 Å². The van der Waals surface area contributed by atoms with Gasteiger partial charge < -0.3 is 0 Å². The van der Waals surface area contributed by atoms with Crippen molar-refractivity contribution in [3.63, 3.8) is 0 Å². The van der Waals surface area contributed by atoms with E-state index in [9.17, 15) is 13.2 Å². The van der Waals surface area contributed by atoms with Gasteiger partial charge in [-0.2, -0.15) is 5.10 Å². The molecule has 3 aromatic rings. The van der Waals surface area contributed by atoms with Gasteiger partial charge in [-0.1, -0.05) is 52.3 Å². The molecular weight excluding hydrogens is 498 g/mol. The summed E-state index contributed by atoms with van der Waals surface area (Å²) in [6.45, 7) is -0.420. The molecule has 31 heavy (non-hydrogen) atoms. The van der Waals surface area contributed by atoms with Crippen LogP contribution in [0.25, 0.3) is 0 Å². The van der Waals surface area contributed by atoms with Crippen molar-refractivity contribution in [1.82, 2.24) is 5.43 Å². The number of rotatable bonds is 8. The molecule has 0 aromatic heterocycles. The van der Waals surface area contributed by atoms with Gasteiger partial charge in [-0.05, 0) is 54.3 Å². The molecule has 0 saturated heterocycles.